The number of aliphatic hydroxyl groups excluding tert-OH is 1. The number of aliphatic hydroxyl groups is 1. The highest BCUT2D eigenvalue weighted by Gasteiger charge is 2.46. The minimum atomic E-state index is -0.766. The Morgan fingerprint density at radius 1 is 1.20 bits per heavy atom. The number of esters is 1. The minimum absolute atomic E-state index is 0.00538. The monoisotopic (exact) mass is 482 g/mol. The van der Waals surface area contributed by atoms with E-state index in [2.05, 4.69) is 14.9 Å². The summed E-state index contributed by atoms with van der Waals surface area (Å²) >= 11 is 0. The molecule has 0 spiro atoms. The maximum absolute atomic E-state index is 13.2. The molecule has 0 bridgehead atoms. The quantitative estimate of drug-likeness (QED) is 0.266. The largest absolute Gasteiger partial charge is 0.507 e. The van der Waals surface area contributed by atoms with Crippen molar-refractivity contribution in [2.75, 3.05) is 46.5 Å². The topological polar surface area (TPSA) is 125 Å². The Bertz CT molecular complexity index is 1150. The zero-order chi connectivity index (χ0) is 25.1. The van der Waals surface area contributed by atoms with Crippen molar-refractivity contribution >= 4 is 23.4 Å². The van der Waals surface area contributed by atoms with E-state index in [0.717, 1.165) is 19.6 Å². The summed E-state index contributed by atoms with van der Waals surface area (Å²) in [6.45, 7) is 7.51. The van der Waals surface area contributed by atoms with Crippen LogP contribution in [0.5, 0.6) is 0 Å². The number of carbonyl (C=O) groups excluding carboxylic acids is 3. The Labute approximate surface area is 203 Å². The van der Waals surface area contributed by atoms with Crippen molar-refractivity contribution in [2.45, 2.75) is 26.3 Å². The van der Waals surface area contributed by atoms with Gasteiger partial charge in [0.25, 0.3) is 11.7 Å². The predicted molar refractivity (Wildman–Crippen MR) is 127 cm³/mol. The minimum Gasteiger partial charge on any atom is -0.507 e. The SMILES string of the molecule is COC(=O)c1[nH]c(C)c(/C(O)=C2\C(=O)C(=O)N(CCCN3CCOCC3)[C@H]2c2ccncc2)c1C. The van der Waals surface area contributed by atoms with Gasteiger partial charge < -0.3 is 24.5 Å². The lowest BCUT2D eigenvalue weighted by atomic mass is 9.94. The molecule has 10 heteroatoms. The lowest BCUT2D eigenvalue weighted by molar-refractivity contribution is -0.140. The average Bonchev–Trinajstić information content (AvgIpc) is 3.31. The number of nitrogens with one attached hydrogen (secondary N) is 1. The van der Waals surface area contributed by atoms with Gasteiger partial charge in [-0.25, -0.2) is 4.79 Å². The maximum Gasteiger partial charge on any atom is 0.354 e. The summed E-state index contributed by atoms with van der Waals surface area (Å²) in [5.41, 5.74) is 2.11. The standard InChI is InChI=1S/C25H30N4O6/c1-15-18(16(2)27-20(15)25(33)34-3)22(30)19-21(17-5-7-26-8-6-17)29(24(32)23(19)31)10-4-9-28-11-13-35-14-12-28/h5-8,21,27,30H,4,9-14H2,1-3H3/b22-19+/t21-/m0/s1. The van der Waals surface area contributed by atoms with Gasteiger partial charge in [-0.3, -0.25) is 19.5 Å². The van der Waals surface area contributed by atoms with Crippen molar-refractivity contribution in [2.24, 2.45) is 0 Å². The van der Waals surface area contributed by atoms with Crippen LogP contribution in [0.4, 0.5) is 0 Å². The number of hydrogen-bond donors (Lipinski definition) is 2. The molecule has 186 valence electrons. The van der Waals surface area contributed by atoms with Gasteiger partial charge in [-0.2, -0.15) is 0 Å². The lowest BCUT2D eigenvalue weighted by Crippen LogP contribution is -2.38. The summed E-state index contributed by atoms with van der Waals surface area (Å²) in [7, 11) is 1.27. The van der Waals surface area contributed by atoms with Crippen LogP contribution < -0.4 is 0 Å². The Morgan fingerprint density at radius 2 is 1.89 bits per heavy atom. The number of aromatic amines is 1. The molecule has 2 aromatic heterocycles. The van der Waals surface area contributed by atoms with Gasteiger partial charge in [-0.1, -0.05) is 0 Å². The number of aryl methyl sites for hydroxylation is 1. The lowest BCUT2D eigenvalue weighted by Gasteiger charge is -2.29. The number of Topliss-reactive ketones (excluding diaryl/α,β-unsaturated/α-hetero) is 1. The van der Waals surface area contributed by atoms with E-state index in [-0.39, 0.29) is 17.0 Å². The first kappa shape index (κ1) is 24.6. The van der Waals surface area contributed by atoms with Gasteiger partial charge in [0, 0.05) is 49.8 Å². The Balaban J connectivity index is 1.72. The Kier molecular flexibility index (Phi) is 7.32. The summed E-state index contributed by atoms with van der Waals surface area (Å²) in [5, 5.41) is 11.4. The number of methoxy groups -OCH3 is 1. The number of likely N-dealkylation sites (tertiary alicyclic amines) is 1. The first-order chi connectivity index (χ1) is 16.8. The van der Waals surface area contributed by atoms with Gasteiger partial charge in [0.2, 0.25) is 0 Å². The van der Waals surface area contributed by atoms with Crippen LogP contribution in [-0.4, -0.2) is 89.0 Å². The van der Waals surface area contributed by atoms with E-state index in [1.165, 1.54) is 12.0 Å². The fourth-order valence-corrected chi connectivity index (χ4v) is 4.84. The van der Waals surface area contributed by atoms with E-state index in [0.29, 0.717) is 48.6 Å². The number of amides is 1. The van der Waals surface area contributed by atoms with Crippen molar-refractivity contribution < 1.29 is 29.0 Å². The van der Waals surface area contributed by atoms with Crippen LogP contribution in [0.3, 0.4) is 0 Å². The molecule has 2 fully saturated rings. The molecule has 0 aliphatic carbocycles. The van der Waals surface area contributed by atoms with Gasteiger partial charge in [0.15, 0.2) is 0 Å². The second kappa shape index (κ2) is 10.4. The molecule has 4 heterocycles. The number of nitrogens with zero attached hydrogens (tertiary/aromatic N) is 3. The normalized spacial score (nSPS) is 20.4. The Morgan fingerprint density at radius 3 is 2.54 bits per heavy atom. The number of H-pyrrole nitrogens is 1. The molecule has 0 radical (unpaired) electrons. The molecule has 4 rings (SSSR count). The van der Waals surface area contributed by atoms with Crippen LogP contribution in [0.2, 0.25) is 0 Å². The molecule has 0 unspecified atom stereocenters. The fraction of sp³-hybridized carbons (Fsp3) is 0.440. The molecule has 35 heavy (non-hydrogen) atoms. The van der Waals surface area contributed by atoms with Crippen molar-refractivity contribution in [3.05, 3.63) is 58.2 Å². The van der Waals surface area contributed by atoms with Crippen molar-refractivity contribution in [1.29, 1.82) is 0 Å². The molecule has 2 aliphatic rings. The molecule has 10 nitrogen and oxygen atoms in total. The van der Waals surface area contributed by atoms with Crippen molar-refractivity contribution in [3.8, 4) is 0 Å². The Hall–Kier alpha value is -3.50. The van der Waals surface area contributed by atoms with E-state index < -0.39 is 23.7 Å². The number of ether oxygens (including phenoxy) is 2. The van der Waals surface area contributed by atoms with Crippen molar-refractivity contribution in [1.82, 2.24) is 19.8 Å². The molecular formula is C25H30N4O6. The van der Waals surface area contributed by atoms with Crippen LogP contribution in [0.1, 0.15) is 45.3 Å². The molecule has 1 atom stereocenters. The molecule has 1 amide bonds. The summed E-state index contributed by atoms with van der Waals surface area (Å²) in [5.74, 6) is -2.31. The highest BCUT2D eigenvalue weighted by atomic mass is 16.5. The van der Waals surface area contributed by atoms with Gasteiger partial charge in [0.05, 0.1) is 31.9 Å². The van der Waals surface area contributed by atoms with Crippen LogP contribution in [0, 0.1) is 13.8 Å². The second-order valence-electron chi connectivity index (χ2n) is 8.70. The third-order valence-corrected chi connectivity index (χ3v) is 6.60. The highest BCUT2D eigenvalue weighted by molar-refractivity contribution is 6.46. The highest BCUT2D eigenvalue weighted by Crippen LogP contribution is 2.40. The van der Waals surface area contributed by atoms with E-state index in [1.807, 2.05) is 0 Å². The summed E-state index contributed by atoms with van der Waals surface area (Å²) in [6.07, 6.45) is 3.85. The number of hydrogen-bond acceptors (Lipinski definition) is 8. The van der Waals surface area contributed by atoms with Gasteiger partial charge in [-0.15, -0.1) is 0 Å². The van der Waals surface area contributed by atoms with E-state index >= 15 is 0 Å². The molecular weight excluding hydrogens is 452 g/mol. The molecule has 2 aromatic rings. The summed E-state index contributed by atoms with van der Waals surface area (Å²) in [6, 6.07) is 2.70. The number of ketones is 1. The van der Waals surface area contributed by atoms with Crippen LogP contribution >= 0.6 is 0 Å². The number of morpholine rings is 1. The second-order valence-corrected chi connectivity index (χ2v) is 8.70. The zero-order valence-electron chi connectivity index (χ0n) is 20.2. The van der Waals surface area contributed by atoms with E-state index in [4.69, 9.17) is 9.47 Å². The smallest absolute Gasteiger partial charge is 0.354 e. The zero-order valence-corrected chi connectivity index (χ0v) is 20.2. The van der Waals surface area contributed by atoms with E-state index in [1.54, 1.807) is 38.4 Å². The number of aromatic nitrogens is 2. The van der Waals surface area contributed by atoms with Gasteiger partial charge in [-0.05, 0) is 43.5 Å². The molecule has 2 aliphatic heterocycles. The van der Waals surface area contributed by atoms with E-state index in [9.17, 15) is 19.5 Å². The predicted octanol–water partition coefficient (Wildman–Crippen LogP) is 1.96. The number of rotatable bonds is 7. The average molecular weight is 483 g/mol. The number of carbonyl (C=O) groups is 3. The number of pyridine rings is 1. The first-order valence-electron chi connectivity index (χ1n) is 11.6. The van der Waals surface area contributed by atoms with Crippen LogP contribution in [-0.2, 0) is 19.1 Å². The first-order valence-corrected chi connectivity index (χ1v) is 11.6. The van der Waals surface area contributed by atoms with Gasteiger partial charge >= 0.3 is 5.97 Å². The summed E-state index contributed by atoms with van der Waals surface area (Å²) in [4.78, 5) is 49.3. The van der Waals surface area contributed by atoms with Crippen LogP contribution in [0.25, 0.3) is 5.76 Å². The molecule has 2 N–H and O–H groups in total. The molecule has 0 aromatic carbocycles. The molecule has 0 saturated carbocycles. The maximum atomic E-state index is 13.2. The third-order valence-electron chi connectivity index (χ3n) is 6.60. The fourth-order valence-electron chi connectivity index (χ4n) is 4.84. The van der Waals surface area contributed by atoms with Gasteiger partial charge in [0.1, 0.15) is 11.5 Å². The third kappa shape index (κ3) is 4.71. The molecule has 2 saturated heterocycles. The van der Waals surface area contributed by atoms with Crippen LogP contribution in [0.15, 0.2) is 30.1 Å². The summed E-state index contributed by atoms with van der Waals surface area (Å²) < 4.78 is 10.2. The van der Waals surface area contributed by atoms with Crippen molar-refractivity contribution in [3.63, 3.8) is 0 Å².